The molecule has 19 heteroatoms. The monoisotopic (exact) mass is 926 g/mol. The quantitative estimate of drug-likeness (QED) is 0.146. The smallest absolute Gasteiger partial charge is 0.261 e. The van der Waals surface area contributed by atoms with Gasteiger partial charge in [-0.15, -0.1) is 0 Å². The van der Waals surface area contributed by atoms with Gasteiger partial charge in [0.1, 0.15) is 16.8 Å². The number of carbonyl (C=O) groups is 2. The van der Waals surface area contributed by atoms with Crippen molar-refractivity contribution in [1.82, 2.24) is 38.7 Å². The second kappa shape index (κ2) is 16.7. The molecule has 4 aliphatic heterocycles. The number of anilines is 1. The fraction of sp³-hybridized carbons (Fsp3) is 0.455. The predicted molar refractivity (Wildman–Crippen MR) is 234 cm³/mol. The highest BCUT2D eigenvalue weighted by molar-refractivity contribution is 9.10. The second-order valence-electron chi connectivity index (χ2n) is 17.5. The number of aromatic nitrogens is 8. The molecule has 0 unspecified atom stereocenters. The van der Waals surface area contributed by atoms with Crippen LogP contribution in [0.5, 0.6) is 23.5 Å². The van der Waals surface area contributed by atoms with Crippen molar-refractivity contribution in [3.8, 4) is 23.5 Å². The number of imidazole rings is 2. The minimum atomic E-state index is -0.532. The average Bonchev–Trinajstić information content (AvgIpc) is 4.08. The lowest BCUT2D eigenvalue weighted by Gasteiger charge is -2.41. The summed E-state index contributed by atoms with van der Waals surface area (Å²) in [5.41, 5.74) is 8.22. The van der Waals surface area contributed by atoms with Gasteiger partial charge >= 0.3 is 0 Å². The molecule has 4 bridgehead atoms. The zero-order valence-corrected chi connectivity index (χ0v) is 38.1. The number of carbonyl (C=O) groups excluding carboxylic acids is 2. The molecule has 18 nitrogen and oxygen atoms in total. The van der Waals surface area contributed by atoms with Gasteiger partial charge in [0, 0.05) is 48.0 Å². The van der Waals surface area contributed by atoms with Crippen LogP contribution in [0.2, 0.25) is 0 Å². The van der Waals surface area contributed by atoms with E-state index in [1.165, 1.54) is 20.4 Å². The van der Waals surface area contributed by atoms with E-state index in [0.717, 1.165) is 48.2 Å². The Kier molecular flexibility index (Phi) is 11.6. The van der Waals surface area contributed by atoms with E-state index < -0.39 is 5.91 Å². The summed E-state index contributed by atoms with van der Waals surface area (Å²) in [6, 6.07) is 6.52. The molecular weight excluding hydrogens is 876 g/mol. The molecule has 6 aromatic rings. The highest BCUT2D eigenvalue weighted by atomic mass is 79.9. The SMILES string of the molecule is CC(C)Oc1nc2nc(C34COC(C)(C3)C4)cn2cc1Br.COc1ncccc1C(=O)Nc1cn2cc(C34COC(C)(C3)C4)nc2nc1OC(C)C.COc1ncccc1C(N)=O. The Morgan fingerprint density at radius 3 is 1.65 bits per heavy atom. The molecule has 0 spiro atoms. The number of hydrogen-bond acceptors (Lipinski definition) is 14. The van der Waals surface area contributed by atoms with Crippen molar-refractivity contribution in [3.05, 3.63) is 88.4 Å². The lowest BCUT2D eigenvalue weighted by molar-refractivity contribution is 0.0151. The molecule has 0 atom stereocenters. The molecule has 3 N–H and O–H groups in total. The number of rotatable bonds is 11. The molecule has 332 valence electrons. The lowest BCUT2D eigenvalue weighted by Crippen LogP contribution is -2.45. The van der Waals surface area contributed by atoms with Crippen LogP contribution in [0.25, 0.3) is 11.6 Å². The van der Waals surface area contributed by atoms with Crippen molar-refractivity contribution in [2.45, 2.75) is 101 Å². The molecule has 6 fully saturated rings. The number of nitrogens with one attached hydrogen (secondary N) is 1. The van der Waals surface area contributed by atoms with E-state index in [0.29, 0.717) is 46.7 Å². The number of primary amides is 1. The third-order valence-electron chi connectivity index (χ3n) is 11.5. The summed E-state index contributed by atoms with van der Waals surface area (Å²) in [5, 5.41) is 2.88. The van der Waals surface area contributed by atoms with Crippen LogP contribution in [0.3, 0.4) is 0 Å². The van der Waals surface area contributed by atoms with Gasteiger partial charge in [0.15, 0.2) is 0 Å². The van der Waals surface area contributed by atoms with Crippen molar-refractivity contribution >= 4 is 45.0 Å². The van der Waals surface area contributed by atoms with Crippen LogP contribution in [-0.4, -0.2) is 101 Å². The van der Waals surface area contributed by atoms with Crippen molar-refractivity contribution in [2.75, 3.05) is 32.8 Å². The predicted octanol–water partition coefficient (Wildman–Crippen LogP) is 6.28. The van der Waals surface area contributed by atoms with Gasteiger partial charge in [-0.2, -0.15) is 9.97 Å². The zero-order chi connectivity index (χ0) is 44.9. The number of fused-ring (bicyclic) bond motifs is 4. The largest absolute Gasteiger partial charge is 0.480 e. The van der Waals surface area contributed by atoms with Crippen LogP contribution in [0, 0.1) is 0 Å². The van der Waals surface area contributed by atoms with Crippen LogP contribution >= 0.6 is 15.9 Å². The maximum Gasteiger partial charge on any atom is 0.261 e. The molecule has 4 saturated heterocycles. The number of pyridine rings is 2. The maximum absolute atomic E-state index is 12.9. The standard InChI is InChI=1S/C22H25N5O4.C15H18BrN3O2.C7H8N2O2/c1-13(2)31-19-15(24-17(28)14-6-5-7-23-18(14)29-4)8-27-9-16(25-20(27)26-19)22-10-21(3,11-22)30-12-22;1-9(2)21-12-10(16)4-19-5-11(17-13(19)18-12)15-6-14(3,7-15)20-8-15;1-11-7-5(6(8)10)3-2-4-9-7/h5-9,13H,10-12H2,1-4H3,(H,24,28);4-5,9H,6-8H2,1-3H3;2-4H,1H3,(H2,8,10). The molecule has 12 rings (SSSR count). The van der Waals surface area contributed by atoms with Gasteiger partial charge in [-0.1, -0.05) is 0 Å². The van der Waals surface area contributed by atoms with Gasteiger partial charge in [0.25, 0.3) is 11.8 Å². The summed E-state index contributed by atoms with van der Waals surface area (Å²) in [5.74, 6) is 1.73. The van der Waals surface area contributed by atoms with Gasteiger partial charge in [-0.3, -0.25) is 18.4 Å². The maximum atomic E-state index is 12.9. The Hall–Kier alpha value is -5.92. The second-order valence-corrected chi connectivity index (χ2v) is 18.4. The molecule has 10 heterocycles. The number of nitrogens with zero attached hydrogens (tertiary/aromatic N) is 8. The van der Waals surface area contributed by atoms with E-state index >= 15 is 0 Å². The third-order valence-corrected chi connectivity index (χ3v) is 12.0. The average molecular weight is 928 g/mol. The molecule has 0 radical (unpaired) electrons. The van der Waals surface area contributed by atoms with Crippen LogP contribution in [0.15, 0.2) is 65.9 Å². The fourth-order valence-electron chi connectivity index (χ4n) is 8.97. The first kappa shape index (κ1) is 43.7. The minimum Gasteiger partial charge on any atom is -0.480 e. The van der Waals surface area contributed by atoms with Crippen LogP contribution in [0.1, 0.15) is 99.3 Å². The summed E-state index contributed by atoms with van der Waals surface area (Å²) in [7, 11) is 2.92. The normalized spacial score (nSPS) is 23.9. The number of hydrogen-bond donors (Lipinski definition) is 2. The highest BCUT2D eigenvalue weighted by Crippen LogP contribution is 2.59. The molecule has 63 heavy (non-hydrogen) atoms. The summed E-state index contributed by atoms with van der Waals surface area (Å²) in [4.78, 5) is 50.1. The topological polar surface area (TPSA) is 214 Å². The number of halogens is 1. The van der Waals surface area contributed by atoms with Crippen LogP contribution in [0.4, 0.5) is 5.69 Å². The van der Waals surface area contributed by atoms with Gasteiger partial charge in [-0.25, -0.2) is 19.9 Å². The summed E-state index contributed by atoms with van der Waals surface area (Å²) in [6.07, 6.45) is 14.9. The van der Waals surface area contributed by atoms with Crippen molar-refractivity contribution in [2.24, 2.45) is 5.73 Å². The first-order chi connectivity index (χ1) is 30.0. The van der Waals surface area contributed by atoms with Crippen molar-refractivity contribution in [1.29, 1.82) is 0 Å². The molecule has 6 aliphatic rings. The van der Waals surface area contributed by atoms with Crippen LogP contribution < -0.4 is 30.0 Å². The Morgan fingerprint density at radius 1 is 0.714 bits per heavy atom. The molecule has 2 amide bonds. The Morgan fingerprint density at radius 2 is 1.19 bits per heavy atom. The minimum absolute atomic E-state index is 0.0307. The molecule has 6 aromatic heterocycles. The number of amides is 2. The first-order valence-corrected chi connectivity index (χ1v) is 21.4. The van der Waals surface area contributed by atoms with Gasteiger partial charge in [-0.05, 0) is 107 Å². The van der Waals surface area contributed by atoms with E-state index in [9.17, 15) is 9.59 Å². The summed E-state index contributed by atoms with van der Waals surface area (Å²) >= 11 is 3.51. The lowest BCUT2D eigenvalue weighted by atomic mass is 9.62. The van der Waals surface area contributed by atoms with E-state index in [1.807, 2.05) is 48.9 Å². The number of ether oxygens (including phenoxy) is 6. The van der Waals surface area contributed by atoms with E-state index in [1.54, 1.807) is 36.7 Å². The van der Waals surface area contributed by atoms with Gasteiger partial charge in [0.05, 0.1) is 66.7 Å². The number of nitrogens with two attached hydrogens (primary N) is 1. The fourth-order valence-corrected chi connectivity index (χ4v) is 9.37. The van der Waals surface area contributed by atoms with Gasteiger partial charge < -0.3 is 39.5 Å². The Balaban J connectivity index is 0.000000146. The van der Waals surface area contributed by atoms with Crippen molar-refractivity contribution < 1.29 is 38.0 Å². The first-order valence-electron chi connectivity index (χ1n) is 20.6. The van der Waals surface area contributed by atoms with E-state index in [-0.39, 0.29) is 51.9 Å². The van der Waals surface area contributed by atoms with E-state index in [2.05, 4.69) is 61.2 Å². The molecule has 2 aliphatic carbocycles. The Bertz CT molecular complexity index is 2690. The van der Waals surface area contributed by atoms with Crippen molar-refractivity contribution in [3.63, 3.8) is 0 Å². The van der Waals surface area contributed by atoms with Crippen LogP contribution in [-0.2, 0) is 20.3 Å². The molecule has 2 saturated carbocycles. The summed E-state index contributed by atoms with van der Waals surface area (Å²) < 4.78 is 38.0. The van der Waals surface area contributed by atoms with Gasteiger partial charge in [0.2, 0.25) is 35.1 Å². The third kappa shape index (κ3) is 8.60. The zero-order valence-electron chi connectivity index (χ0n) is 36.5. The number of methoxy groups -OCH3 is 2. The van der Waals surface area contributed by atoms with E-state index in [4.69, 9.17) is 44.1 Å². The highest BCUT2D eigenvalue weighted by Gasteiger charge is 2.62. The molecular formula is C44H51BrN10O8. The Labute approximate surface area is 372 Å². The molecule has 0 aromatic carbocycles. The summed E-state index contributed by atoms with van der Waals surface area (Å²) in [6.45, 7) is 13.5.